The summed E-state index contributed by atoms with van der Waals surface area (Å²) in [5.41, 5.74) is 1.46. The molecule has 23 heavy (non-hydrogen) atoms. The third-order valence-corrected chi connectivity index (χ3v) is 3.35. The van der Waals surface area contributed by atoms with Crippen LogP contribution in [0.1, 0.15) is 27.5 Å². The number of benzene rings is 1. The number of carbonyl (C=O) groups is 2. The average molecular weight is 313 g/mol. The molecule has 1 N–H and O–H groups in total. The zero-order valence-corrected chi connectivity index (χ0v) is 12.0. The van der Waals surface area contributed by atoms with Gasteiger partial charge in [-0.1, -0.05) is 12.1 Å². The summed E-state index contributed by atoms with van der Waals surface area (Å²) in [5, 5.41) is 5.91. The van der Waals surface area contributed by atoms with Gasteiger partial charge in [-0.3, -0.25) is 14.7 Å². The standard InChI is InChI=1S/C16H12FN3O3/c17-12-3-1-10(2-4-12)7-14-11(5-6-23-14)8-13(21)15(22)16-18-9-19-20-16/h1-6,9H,7-8H2,(H,18,19,20). The highest BCUT2D eigenvalue weighted by Crippen LogP contribution is 2.17. The lowest BCUT2D eigenvalue weighted by Gasteiger charge is -2.02. The van der Waals surface area contributed by atoms with Gasteiger partial charge in [0.1, 0.15) is 17.9 Å². The maximum Gasteiger partial charge on any atom is 0.265 e. The lowest BCUT2D eigenvalue weighted by atomic mass is 10.0. The maximum atomic E-state index is 12.9. The molecule has 0 saturated heterocycles. The number of Topliss-reactive ketones (excluding diaryl/α,β-unsaturated/α-hetero) is 2. The summed E-state index contributed by atoms with van der Waals surface area (Å²) < 4.78 is 18.3. The van der Waals surface area contributed by atoms with Crippen LogP contribution in [0.15, 0.2) is 47.3 Å². The van der Waals surface area contributed by atoms with Gasteiger partial charge in [0.15, 0.2) is 5.82 Å². The summed E-state index contributed by atoms with van der Waals surface area (Å²) in [4.78, 5) is 27.6. The van der Waals surface area contributed by atoms with E-state index in [0.29, 0.717) is 17.7 Å². The number of hydrogen-bond donors (Lipinski definition) is 1. The van der Waals surface area contributed by atoms with Crippen LogP contribution in [-0.2, 0) is 17.6 Å². The van der Waals surface area contributed by atoms with E-state index < -0.39 is 11.6 Å². The van der Waals surface area contributed by atoms with Gasteiger partial charge in [0.05, 0.1) is 6.26 Å². The molecule has 0 radical (unpaired) electrons. The van der Waals surface area contributed by atoms with Crippen molar-refractivity contribution in [2.75, 3.05) is 0 Å². The average Bonchev–Trinajstić information content (AvgIpc) is 3.21. The molecule has 0 fully saturated rings. The van der Waals surface area contributed by atoms with Crippen molar-refractivity contribution in [2.45, 2.75) is 12.8 Å². The smallest absolute Gasteiger partial charge is 0.265 e. The molecule has 0 atom stereocenters. The molecule has 0 bridgehead atoms. The van der Waals surface area contributed by atoms with E-state index in [0.717, 1.165) is 5.56 Å². The Morgan fingerprint density at radius 2 is 1.96 bits per heavy atom. The van der Waals surface area contributed by atoms with Gasteiger partial charge in [-0.25, -0.2) is 9.37 Å². The Labute approximate surface area is 130 Å². The molecule has 0 saturated carbocycles. The van der Waals surface area contributed by atoms with E-state index in [4.69, 9.17) is 4.42 Å². The van der Waals surface area contributed by atoms with Crippen molar-refractivity contribution in [3.63, 3.8) is 0 Å². The van der Waals surface area contributed by atoms with Crippen molar-refractivity contribution < 1.29 is 18.4 Å². The predicted molar refractivity (Wildman–Crippen MR) is 77.3 cm³/mol. The zero-order valence-electron chi connectivity index (χ0n) is 12.0. The lowest BCUT2D eigenvalue weighted by molar-refractivity contribution is -0.114. The Hall–Kier alpha value is -3.09. The third kappa shape index (κ3) is 3.39. The molecule has 116 valence electrons. The summed E-state index contributed by atoms with van der Waals surface area (Å²) >= 11 is 0. The fraction of sp³-hybridized carbons (Fsp3) is 0.125. The molecule has 2 heterocycles. The molecule has 7 heteroatoms. The van der Waals surface area contributed by atoms with Gasteiger partial charge in [0.25, 0.3) is 5.78 Å². The van der Waals surface area contributed by atoms with Gasteiger partial charge in [-0.2, -0.15) is 5.10 Å². The van der Waals surface area contributed by atoms with Gasteiger partial charge < -0.3 is 4.42 Å². The largest absolute Gasteiger partial charge is 0.469 e. The van der Waals surface area contributed by atoms with E-state index in [1.807, 2.05) is 0 Å². The van der Waals surface area contributed by atoms with E-state index >= 15 is 0 Å². The summed E-state index contributed by atoms with van der Waals surface area (Å²) in [7, 11) is 0. The quantitative estimate of drug-likeness (QED) is 0.556. The van der Waals surface area contributed by atoms with Gasteiger partial charge >= 0.3 is 0 Å². The number of aromatic amines is 1. The summed E-state index contributed by atoms with van der Waals surface area (Å²) in [6.07, 6.45) is 2.94. The van der Waals surface area contributed by atoms with Crippen molar-refractivity contribution in [2.24, 2.45) is 0 Å². The maximum absolute atomic E-state index is 12.9. The van der Waals surface area contributed by atoms with E-state index in [9.17, 15) is 14.0 Å². The SMILES string of the molecule is O=C(Cc1ccoc1Cc1ccc(F)cc1)C(=O)c1ncn[nH]1. The molecule has 0 aliphatic carbocycles. The summed E-state index contributed by atoms with van der Waals surface area (Å²) in [6, 6.07) is 7.64. The minimum absolute atomic E-state index is 0.0846. The molecule has 3 aromatic rings. The second kappa shape index (κ2) is 6.35. The first-order chi connectivity index (χ1) is 11.1. The van der Waals surface area contributed by atoms with Crippen LogP contribution in [0.3, 0.4) is 0 Å². The first-order valence-electron chi connectivity index (χ1n) is 6.86. The van der Waals surface area contributed by atoms with Crippen LogP contribution in [0, 0.1) is 5.82 Å². The van der Waals surface area contributed by atoms with E-state index in [2.05, 4.69) is 15.2 Å². The predicted octanol–water partition coefficient (Wildman–Crippen LogP) is 2.12. The highest BCUT2D eigenvalue weighted by Gasteiger charge is 2.21. The summed E-state index contributed by atoms with van der Waals surface area (Å²) in [5.74, 6) is -1.17. The third-order valence-electron chi connectivity index (χ3n) is 3.35. The van der Waals surface area contributed by atoms with Crippen LogP contribution in [0.25, 0.3) is 0 Å². The highest BCUT2D eigenvalue weighted by molar-refractivity contribution is 6.43. The van der Waals surface area contributed by atoms with E-state index in [1.54, 1.807) is 18.2 Å². The van der Waals surface area contributed by atoms with Crippen LogP contribution in [0.2, 0.25) is 0 Å². The molecule has 0 aliphatic rings. The van der Waals surface area contributed by atoms with Crippen molar-refractivity contribution in [1.82, 2.24) is 15.2 Å². The Morgan fingerprint density at radius 1 is 1.17 bits per heavy atom. The van der Waals surface area contributed by atoms with Crippen molar-refractivity contribution in [1.29, 1.82) is 0 Å². The number of carbonyl (C=O) groups excluding carboxylic acids is 2. The molecule has 6 nitrogen and oxygen atoms in total. The van der Waals surface area contributed by atoms with Crippen molar-refractivity contribution >= 4 is 11.6 Å². The normalized spacial score (nSPS) is 10.7. The first kappa shape index (κ1) is 14.8. The minimum atomic E-state index is -0.726. The fourth-order valence-corrected chi connectivity index (χ4v) is 2.17. The second-order valence-corrected chi connectivity index (χ2v) is 4.94. The van der Waals surface area contributed by atoms with E-state index in [1.165, 1.54) is 24.7 Å². The molecule has 3 rings (SSSR count). The summed E-state index contributed by atoms with van der Waals surface area (Å²) in [6.45, 7) is 0. The topological polar surface area (TPSA) is 88.8 Å². The Bertz CT molecular complexity index is 823. The minimum Gasteiger partial charge on any atom is -0.469 e. The Kier molecular flexibility index (Phi) is 4.09. The highest BCUT2D eigenvalue weighted by atomic mass is 19.1. The molecule has 0 amide bonds. The molecule has 2 aromatic heterocycles. The van der Waals surface area contributed by atoms with Crippen LogP contribution in [-0.4, -0.2) is 26.7 Å². The number of hydrogen-bond acceptors (Lipinski definition) is 5. The number of aromatic nitrogens is 3. The van der Waals surface area contributed by atoms with Crippen LogP contribution < -0.4 is 0 Å². The van der Waals surface area contributed by atoms with Crippen molar-refractivity contribution in [3.05, 3.63) is 71.5 Å². The first-order valence-corrected chi connectivity index (χ1v) is 6.86. The molecular formula is C16H12FN3O3. The van der Waals surface area contributed by atoms with Crippen LogP contribution in [0.5, 0.6) is 0 Å². The van der Waals surface area contributed by atoms with Crippen LogP contribution >= 0.6 is 0 Å². The number of rotatable bonds is 6. The second-order valence-electron chi connectivity index (χ2n) is 4.94. The number of furan rings is 1. The van der Waals surface area contributed by atoms with E-state index in [-0.39, 0.29) is 18.1 Å². The van der Waals surface area contributed by atoms with Crippen LogP contribution in [0.4, 0.5) is 4.39 Å². The van der Waals surface area contributed by atoms with Gasteiger partial charge in [-0.05, 0) is 23.8 Å². The van der Waals surface area contributed by atoms with Crippen molar-refractivity contribution in [3.8, 4) is 0 Å². The number of H-pyrrole nitrogens is 1. The molecular weight excluding hydrogens is 301 g/mol. The monoisotopic (exact) mass is 313 g/mol. The number of nitrogens with zero attached hydrogens (tertiary/aromatic N) is 2. The Balaban J connectivity index is 1.72. The van der Waals surface area contributed by atoms with Gasteiger partial charge in [0, 0.05) is 18.4 Å². The number of ketones is 2. The number of halogens is 1. The lowest BCUT2D eigenvalue weighted by Crippen LogP contribution is -2.18. The fourth-order valence-electron chi connectivity index (χ4n) is 2.17. The number of nitrogens with one attached hydrogen (secondary N) is 1. The molecule has 0 spiro atoms. The van der Waals surface area contributed by atoms with Gasteiger partial charge in [0.2, 0.25) is 5.78 Å². The van der Waals surface area contributed by atoms with Gasteiger partial charge in [-0.15, -0.1) is 0 Å². The molecule has 0 aliphatic heterocycles. The Morgan fingerprint density at radius 3 is 2.65 bits per heavy atom. The molecule has 0 unspecified atom stereocenters. The zero-order chi connectivity index (χ0) is 16.2. The molecule has 1 aromatic carbocycles.